The summed E-state index contributed by atoms with van der Waals surface area (Å²) < 4.78 is 6.30. The lowest BCUT2D eigenvalue weighted by molar-refractivity contribution is 0.310. The molecule has 0 fully saturated rings. The molecule has 0 heterocycles. The number of aryl methyl sites for hydroxylation is 1. The van der Waals surface area contributed by atoms with E-state index in [0.717, 1.165) is 39.3 Å². The molecule has 1 aliphatic rings. The fraction of sp³-hybridized carbons (Fsp3) is 0.192. The SMILES string of the molecule is CSc1cc2c(C3=CCCC=C3)c(C)cc(OCc3ccccc3)c2cc1SC#N. The number of benzene rings is 3. The summed E-state index contributed by atoms with van der Waals surface area (Å²) in [6.45, 7) is 2.67. The number of nitriles is 1. The van der Waals surface area contributed by atoms with Crippen LogP contribution in [0.4, 0.5) is 0 Å². The second kappa shape index (κ2) is 9.47. The molecule has 0 N–H and O–H groups in total. The maximum atomic E-state index is 9.29. The van der Waals surface area contributed by atoms with E-state index in [0.29, 0.717) is 6.61 Å². The van der Waals surface area contributed by atoms with Gasteiger partial charge in [0.05, 0.1) is 0 Å². The highest BCUT2D eigenvalue weighted by Gasteiger charge is 2.17. The van der Waals surface area contributed by atoms with E-state index >= 15 is 0 Å². The summed E-state index contributed by atoms with van der Waals surface area (Å²) in [7, 11) is 0. The Kier molecular flexibility index (Phi) is 6.52. The molecule has 30 heavy (non-hydrogen) atoms. The quantitative estimate of drug-likeness (QED) is 0.296. The number of hydrogen-bond acceptors (Lipinski definition) is 4. The lowest BCUT2D eigenvalue weighted by Gasteiger charge is -2.19. The second-order valence-corrected chi connectivity index (χ2v) is 8.90. The Labute approximate surface area is 186 Å². The predicted molar refractivity (Wildman–Crippen MR) is 129 cm³/mol. The van der Waals surface area contributed by atoms with Crippen LogP contribution in [-0.4, -0.2) is 6.26 Å². The Bertz CT molecular complexity index is 1170. The van der Waals surface area contributed by atoms with E-state index in [4.69, 9.17) is 4.74 Å². The third kappa shape index (κ3) is 4.28. The zero-order valence-corrected chi connectivity index (χ0v) is 18.8. The van der Waals surface area contributed by atoms with E-state index in [9.17, 15) is 5.26 Å². The summed E-state index contributed by atoms with van der Waals surface area (Å²) >= 11 is 2.89. The van der Waals surface area contributed by atoms with Gasteiger partial charge >= 0.3 is 0 Å². The molecule has 4 heteroatoms. The minimum atomic E-state index is 0.516. The smallest absolute Gasteiger partial charge is 0.138 e. The first-order valence-corrected chi connectivity index (χ1v) is 12.0. The van der Waals surface area contributed by atoms with E-state index in [1.54, 1.807) is 11.8 Å². The normalized spacial score (nSPS) is 13.2. The monoisotopic (exact) mass is 429 g/mol. The Morgan fingerprint density at radius 3 is 2.53 bits per heavy atom. The lowest BCUT2D eigenvalue weighted by Crippen LogP contribution is -2.00. The van der Waals surface area contributed by atoms with Crippen LogP contribution in [0.5, 0.6) is 5.75 Å². The number of thiocyanates is 1. The van der Waals surface area contributed by atoms with Crippen LogP contribution in [0.3, 0.4) is 0 Å². The molecular formula is C26H23NOS2. The predicted octanol–water partition coefficient (Wildman–Crippen LogP) is 7.76. The van der Waals surface area contributed by atoms with Gasteiger partial charge in [0.1, 0.15) is 17.8 Å². The Balaban J connectivity index is 1.89. The van der Waals surface area contributed by atoms with E-state index in [2.05, 4.69) is 67.1 Å². The highest BCUT2D eigenvalue weighted by molar-refractivity contribution is 8.05. The summed E-state index contributed by atoms with van der Waals surface area (Å²) in [5.74, 6) is 0.864. The largest absolute Gasteiger partial charge is 0.488 e. The van der Waals surface area contributed by atoms with Gasteiger partial charge in [-0.1, -0.05) is 48.6 Å². The standard InChI is InChI=1S/C26H23NOS2/c1-18-13-23(28-16-19-9-5-3-6-10-19)21-14-25(30-17-27)24(29-2)15-22(21)26(18)20-11-7-4-8-12-20/h3,5-7,9-15H,4,8,16H2,1-2H3. The number of thioether (sulfide) groups is 2. The maximum absolute atomic E-state index is 9.29. The lowest BCUT2D eigenvalue weighted by atomic mass is 9.90. The minimum Gasteiger partial charge on any atom is -0.488 e. The zero-order valence-electron chi connectivity index (χ0n) is 17.1. The van der Waals surface area contributed by atoms with E-state index < -0.39 is 0 Å². The van der Waals surface area contributed by atoms with Crippen molar-refractivity contribution in [1.82, 2.24) is 0 Å². The summed E-state index contributed by atoms with van der Waals surface area (Å²) in [6.07, 6.45) is 11.0. The molecule has 0 bridgehead atoms. The highest BCUT2D eigenvalue weighted by Crippen LogP contribution is 2.42. The minimum absolute atomic E-state index is 0.516. The summed E-state index contributed by atoms with van der Waals surface area (Å²) in [5, 5.41) is 13.8. The summed E-state index contributed by atoms with van der Waals surface area (Å²) in [6, 6.07) is 16.7. The van der Waals surface area contributed by atoms with Crippen LogP contribution in [-0.2, 0) is 6.61 Å². The van der Waals surface area contributed by atoms with Gasteiger partial charge < -0.3 is 4.74 Å². The number of nitrogens with zero attached hydrogens (tertiary/aromatic N) is 1. The molecule has 0 spiro atoms. The Hall–Kier alpha value is -2.61. The Morgan fingerprint density at radius 2 is 1.83 bits per heavy atom. The average molecular weight is 430 g/mol. The molecule has 0 aliphatic heterocycles. The van der Waals surface area contributed by atoms with Gasteiger partial charge in [0, 0.05) is 15.2 Å². The highest BCUT2D eigenvalue weighted by atomic mass is 32.2. The van der Waals surface area contributed by atoms with E-state index in [1.807, 2.05) is 18.2 Å². The molecule has 2 nitrogen and oxygen atoms in total. The van der Waals surface area contributed by atoms with Crippen molar-refractivity contribution in [2.45, 2.75) is 36.2 Å². The molecule has 0 amide bonds. The van der Waals surface area contributed by atoms with Crippen molar-refractivity contribution in [1.29, 1.82) is 5.26 Å². The van der Waals surface area contributed by atoms with Crippen molar-refractivity contribution in [3.63, 3.8) is 0 Å². The molecule has 3 aromatic carbocycles. The van der Waals surface area contributed by atoms with Gasteiger partial charge in [-0.15, -0.1) is 11.8 Å². The zero-order chi connectivity index (χ0) is 20.9. The van der Waals surface area contributed by atoms with Gasteiger partial charge in [0.15, 0.2) is 0 Å². The number of allylic oxidation sites excluding steroid dienone is 4. The van der Waals surface area contributed by atoms with E-state index in [-0.39, 0.29) is 0 Å². The molecule has 0 radical (unpaired) electrons. The average Bonchev–Trinajstić information content (AvgIpc) is 2.79. The van der Waals surface area contributed by atoms with Gasteiger partial charge in [-0.05, 0) is 83.6 Å². The molecule has 0 unspecified atom stereocenters. The number of ether oxygens (including phenoxy) is 1. The first-order chi connectivity index (χ1) is 14.7. The number of hydrogen-bond donors (Lipinski definition) is 0. The molecular weight excluding hydrogens is 406 g/mol. The van der Waals surface area contributed by atoms with Crippen molar-refractivity contribution in [3.05, 3.63) is 83.4 Å². The first kappa shape index (κ1) is 20.7. The molecule has 0 aromatic heterocycles. The van der Waals surface area contributed by atoms with Crippen LogP contribution in [0.2, 0.25) is 0 Å². The molecule has 0 atom stereocenters. The molecule has 4 rings (SSSR count). The second-order valence-electron chi connectivity index (χ2n) is 7.22. The van der Waals surface area contributed by atoms with Crippen molar-refractivity contribution >= 4 is 39.9 Å². The fourth-order valence-corrected chi connectivity index (χ4v) is 5.16. The van der Waals surface area contributed by atoms with Gasteiger partial charge in [0.2, 0.25) is 0 Å². The summed E-state index contributed by atoms with van der Waals surface area (Å²) in [4.78, 5) is 2.10. The topological polar surface area (TPSA) is 33.0 Å². The molecule has 3 aromatic rings. The van der Waals surface area contributed by atoms with Crippen LogP contribution in [0.15, 0.2) is 76.5 Å². The van der Waals surface area contributed by atoms with Crippen LogP contribution in [0.25, 0.3) is 16.3 Å². The molecule has 150 valence electrons. The fourth-order valence-electron chi connectivity index (χ4n) is 3.85. The third-order valence-corrected chi connectivity index (χ3v) is 6.81. The van der Waals surface area contributed by atoms with Crippen molar-refractivity contribution in [2.75, 3.05) is 6.26 Å². The van der Waals surface area contributed by atoms with Crippen LogP contribution in [0, 0.1) is 17.6 Å². The number of fused-ring (bicyclic) bond motifs is 1. The van der Waals surface area contributed by atoms with Gasteiger partial charge in [-0.25, -0.2) is 0 Å². The molecule has 0 saturated carbocycles. The van der Waals surface area contributed by atoms with Crippen molar-refractivity contribution in [3.8, 4) is 11.2 Å². The van der Waals surface area contributed by atoms with E-state index in [1.165, 1.54) is 33.8 Å². The first-order valence-electron chi connectivity index (χ1n) is 9.96. The Morgan fingerprint density at radius 1 is 1.03 bits per heavy atom. The number of rotatable bonds is 6. The van der Waals surface area contributed by atoms with Gasteiger partial charge in [-0.3, -0.25) is 0 Å². The molecule has 0 saturated heterocycles. The van der Waals surface area contributed by atoms with Crippen molar-refractivity contribution in [2.24, 2.45) is 0 Å². The van der Waals surface area contributed by atoms with Crippen LogP contribution >= 0.6 is 23.5 Å². The molecule has 1 aliphatic carbocycles. The van der Waals surface area contributed by atoms with Gasteiger partial charge in [-0.2, -0.15) is 5.26 Å². The van der Waals surface area contributed by atoms with Crippen LogP contribution in [0.1, 0.15) is 29.5 Å². The maximum Gasteiger partial charge on any atom is 0.138 e. The van der Waals surface area contributed by atoms with Crippen molar-refractivity contribution < 1.29 is 4.74 Å². The van der Waals surface area contributed by atoms with Gasteiger partial charge in [0.25, 0.3) is 0 Å². The summed E-state index contributed by atoms with van der Waals surface area (Å²) in [5.41, 5.74) is 4.87. The third-order valence-electron chi connectivity index (χ3n) is 5.26. The van der Waals surface area contributed by atoms with Crippen LogP contribution < -0.4 is 4.74 Å².